The molecule has 0 amide bonds. The number of Topliss-reactive ketones (excluding diaryl/α,β-unsaturated/α-hetero) is 1. The van der Waals surface area contributed by atoms with Gasteiger partial charge in [-0.05, 0) is 6.42 Å². The van der Waals surface area contributed by atoms with Gasteiger partial charge in [0.2, 0.25) is 0 Å². The molecule has 0 heterocycles. The average molecular weight is 170 g/mol. The highest BCUT2D eigenvalue weighted by Crippen LogP contribution is 2.22. The normalized spacial score (nSPS) is 15.2. The molecule has 0 aliphatic rings. The van der Waals surface area contributed by atoms with Crippen LogP contribution in [0.4, 0.5) is 0 Å². The minimum atomic E-state index is -0.502. The van der Waals surface area contributed by atoms with Crippen molar-refractivity contribution in [2.45, 2.75) is 33.1 Å². The highest BCUT2D eigenvalue weighted by Gasteiger charge is 2.28. The maximum absolute atomic E-state index is 11.2. The van der Waals surface area contributed by atoms with E-state index in [1.54, 1.807) is 0 Å². The molecular formula is C9H18N2O. The van der Waals surface area contributed by atoms with Crippen molar-refractivity contribution in [1.29, 1.82) is 5.41 Å². The van der Waals surface area contributed by atoms with Crippen LogP contribution in [0, 0.1) is 10.8 Å². The molecule has 3 nitrogen and oxygen atoms in total. The molecule has 0 aromatic rings. The van der Waals surface area contributed by atoms with Crippen LogP contribution in [0.2, 0.25) is 0 Å². The molecule has 0 saturated carbocycles. The summed E-state index contributed by atoms with van der Waals surface area (Å²) in [5.74, 6) is -0.154. The van der Waals surface area contributed by atoms with Crippen molar-refractivity contribution in [3.63, 3.8) is 0 Å². The van der Waals surface area contributed by atoms with E-state index < -0.39 is 5.41 Å². The van der Waals surface area contributed by atoms with Gasteiger partial charge in [0.1, 0.15) is 0 Å². The second-order valence-electron chi connectivity index (χ2n) is 3.38. The van der Waals surface area contributed by atoms with E-state index >= 15 is 0 Å². The summed E-state index contributed by atoms with van der Waals surface area (Å²) in [4.78, 5) is 11.2. The molecule has 1 unspecified atom stereocenters. The number of carbonyl (C=O) groups excluding carboxylic acids is 1. The monoisotopic (exact) mass is 170 g/mol. The maximum atomic E-state index is 11.2. The Morgan fingerprint density at radius 1 is 1.67 bits per heavy atom. The van der Waals surface area contributed by atoms with E-state index in [1.807, 2.05) is 6.92 Å². The Morgan fingerprint density at radius 3 is 2.58 bits per heavy atom. The molecule has 3 N–H and O–H groups in total. The maximum Gasteiger partial charge on any atom is 0.180 e. The number of rotatable bonds is 6. The fourth-order valence-corrected chi connectivity index (χ4v) is 1.07. The predicted octanol–water partition coefficient (Wildman–Crippen LogP) is 1.36. The van der Waals surface area contributed by atoms with E-state index in [2.05, 4.69) is 6.92 Å². The van der Waals surface area contributed by atoms with Gasteiger partial charge < -0.3 is 11.1 Å². The van der Waals surface area contributed by atoms with Crippen molar-refractivity contribution >= 4 is 12.0 Å². The Labute approximate surface area is 73.8 Å². The van der Waals surface area contributed by atoms with Crippen LogP contribution >= 0.6 is 0 Å². The molecule has 0 aliphatic carbocycles. The van der Waals surface area contributed by atoms with Gasteiger partial charge in [-0.15, -0.1) is 0 Å². The summed E-state index contributed by atoms with van der Waals surface area (Å²) in [5.41, 5.74) is 5.00. The lowest BCUT2D eigenvalue weighted by molar-refractivity contribution is -0.120. The number of hydrogen-bond acceptors (Lipinski definition) is 3. The average Bonchev–Trinajstić information content (AvgIpc) is 2.12. The Bertz CT molecular complexity index is 168. The first-order chi connectivity index (χ1) is 5.60. The van der Waals surface area contributed by atoms with E-state index in [1.165, 1.54) is 0 Å². The first-order valence-corrected chi connectivity index (χ1v) is 4.35. The van der Waals surface area contributed by atoms with Crippen molar-refractivity contribution in [1.82, 2.24) is 0 Å². The van der Waals surface area contributed by atoms with Crippen LogP contribution in [0.15, 0.2) is 0 Å². The Hall–Kier alpha value is -0.700. The van der Waals surface area contributed by atoms with E-state index in [-0.39, 0.29) is 5.78 Å². The third kappa shape index (κ3) is 2.74. The summed E-state index contributed by atoms with van der Waals surface area (Å²) in [6.45, 7) is 4.24. The molecule has 0 rings (SSSR count). The minimum absolute atomic E-state index is 0.154. The molecule has 0 saturated heterocycles. The Morgan fingerprint density at radius 2 is 2.25 bits per heavy atom. The van der Waals surface area contributed by atoms with Gasteiger partial charge in [0, 0.05) is 12.0 Å². The van der Waals surface area contributed by atoms with Gasteiger partial charge in [0.05, 0.1) is 6.21 Å². The van der Waals surface area contributed by atoms with Gasteiger partial charge in [-0.2, -0.15) is 0 Å². The van der Waals surface area contributed by atoms with Crippen LogP contribution in [-0.4, -0.2) is 18.5 Å². The smallest absolute Gasteiger partial charge is 0.180 e. The van der Waals surface area contributed by atoms with Crippen LogP contribution in [0.5, 0.6) is 0 Å². The first kappa shape index (κ1) is 11.3. The van der Waals surface area contributed by atoms with E-state index in [9.17, 15) is 4.79 Å². The largest absolute Gasteiger partial charge is 0.329 e. The van der Waals surface area contributed by atoms with Gasteiger partial charge in [-0.25, -0.2) is 0 Å². The summed E-state index contributed by atoms with van der Waals surface area (Å²) < 4.78 is 0. The number of nitrogens with two attached hydrogens (primary N) is 1. The standard InChI is InChI=1S/C9H18N2O/c1-3-4-5-9(2,7-11)8(12)6-10/h6,10H,3-5,7,11H2,1-2H3. The second kappa shape index (κ2) is 5.04. The lowest BCUT2D eigenvalue weighted by Gasteiger charge is -2.23. The van der Waals surface area contributed by atoms with Crippen LogP contribution in [0.1, 0.15) is 33.1 Å². The fraction of sp³-hybridized carbons (Fsp3) is 0.778. The third-order valence-electron chi connectivity index (χ3n) is 2.26. The van der Waals surface area contributed by atoms with Crippen molar-refractivity contribution < 1.29 is 4.79 Å². The minimum Gasteiger partial charge on any atom is -0.329 e. The van der Waals surface area contributed by atoms with E-state index in [4.69, 9.17) is 11.1 Å². The molecule has 0 bridgehead atoms. The first-order valence-electron chi connectivity index (χ1n) is 4.35. The molecule has 0 fully saturated rings. The number of ketones is 1. The van der Waals surface area contributed by atoms with Crippen molar-refractivity contribution in [2.24, 2.45) is 11.1 Å². The summed E-state index contributed by atoms with van der Waals surface area (Å²) in [6, 6.07) is 0. The molecule has 3 heteroatoms. The quantitative estimate of drug-likeness (QED) is 0.591. The predicted molar refractivity (Wildman–Crippen MR) is 50.5 cm³/mol. The number of nitrogens with one attached hydrogen (secondary N) is 1. The van der Waals surface area contributed by atoms with Crippen LogP contribution in [0.3, 0.4) is 0 Å². The lowest BCUT2D eigenvalue weighted by atomic mass is 9.81. The number of carbonyl (C=O) groups is 1. The van der Waals surface area contributed by atoms with Gasteiger partial charge >= 0.3 is 0 Å². The van der Waals surface area contributed by atoms with Crippen LogP contribution in [-0.2, 0) is 4.79 Å². The molecule has 0 spiro atoms. The summed E-state index contributed by atoms with van der Waals surface area (Å²) in [6.07, 6.45) is 3.71. The Kier molecular flexibility index (Phi) is 4.74. The van der Waals surface area contributed by atoms with Crippen molar-refractivity contribution in [3.05, 3.63) is 0 Å². The molecule has 70 valence electrons. The molecule has 0 aromatic heterocycles. The van der Waals surface area contributed by atoms with Gasteiger partial charge in [-0.1, -0.05) is 26.7 Å². The zero-order valence-electron chi connectivity index (χ0n) is 7.89. The van der Waals surface area contributed by atoms with Gasteiger partial charge in [0.25, 0.3) is 0 Å². The molecular weight excluding hydrogens is 152 g/mol. The summed E-state index contributed by atoms with van der Waals surface area (Å²) in [7, 11) is 0. The molecule has 0 aliphatic heterocycles. The molecule has 0 aromatic carbocycles. The Balaban J connectivity index is 4.22. The number of unbranched alkanes of at least 4 members (excludes halogenated alkanes) is 1. The second-order valence-corrected chi connectivity index (χ2v) is 3.38. The molecule has 12 heavy (non-hydrogen) atoms. The van der Waals surface area contributed by atoms with Crippen molar-refractivity contribution in [3.8, 4) is 0 Å². The fourth-order valence-electron chi connectivity index (χ4n) is 1.07. The van der Waals surface area contributed by atoms with E-state index in [0.29, 0.717) is 6.54 Å². The SMILES string of the molecule is CCCCC(C)(CN)C(=O)C=N. The number of hydrogen-bond donors (Lipinski definition) is 2. The van der Waals surface area contributed by atoms with Gasteiger partial charge in [0.15, 0.2) is 5.78 Å². The zero-order chi connectivity index (χ0) is 9.61. The van der Waals surface area contributed by atoms with Gasteiger partial charge in [-0.3, -0.25) is 4.79 Å². The van der Waals surface area contributed by atoms with Crippen LogP contribution in [0.25, 0.3) is 0 Å². The molecule has 1 atom stereocenters. The summed E-state index contributed by atoms with van der Waals surface area (Å²) >= 11 is 0. The molecule has 0 radical (unpaired) electrons. The lowest BCUT2D eigenvalue weighted by Crippen LogP contribution is -2.36. The van der Waals surface area contributed by atoms with Crippen molar-refractivity contribution in [2.75, 3.05) is 6.54 Å². The van der Waals surface area contributed by atoms with E-state index in [0.717, 1.165) is 25.5 Å². The zero-order valence-corrected chi connectivity index (χ0v) is 7.89. The van der Waals surface area contributed by atoms with Crippen LogP contribution < -0.4 is 5.73 Å². The summed E-state index contributed by atoms with van der Waals surface area (Å²) in [5, 5.41) is 6.87. The topological polar surface area (TPSA) is 66.9 Å². The highest BCUT2D eigenvalue weighted by atomic mass is 16.1. The highest BCUT2D eigenvalue weighted by molar-refractivity contribution is 6.28. The third-order valence-corrected chi connectivity index (χ3v) is 2.26.